The van der Waals surface area contributed by atoms with Crippen molar-refractivity contribution < 1.29 is 0 Å². The standard InChI is InChI=1S/C11H16N2S2/c1-10(2,3)11(15-12)13-8-6-4-5-7-9(8)14-11/h4-7,13H,12H2,1-3H3. The van der Waals surface area contributed by atoms with E-state index in [4.69, 9.17) is 5.14 Å². The maximum atomic E-state index is 5.87. The minimum atomic E-state index is -0.156. The zero-order chi connectivity index (χ0) is 11.1. The Balaban J connectivity index is 2.38. The molecule has 0 saturated carbocycles. The monoisotopic (exact) mass is 240 g/mol. The van der Waals surface area contributed by atoms with Crippen LogP contribution in [0.15, 0.2) is 29.2 Å². The lowest BCUT2D eigenvalue weighted by atomic mass is 9.95. The Bertz CT molecular complexity index is 346. The van der Waals surface area contributed by atoms with Crippen molar-refractivity contribution in [3.63, 3.8) is 0 Å². The first-order chi connectivity index (χ1) is 6.98. The average molecular weight is 240 g/mol. The topological polar surface area (TPSA) is 38.0 Å². The Morgan fingerprint density at radius 2 is 2.00 bits per heavy atom. The van der Waals surface area contributed by atoms with Crippen molar-refractivity contribution in [3.05, 3.63) is 24.3 Å². The first-order valence-corrected chi connectivity index (χ1v) is 6.62. The number of nitrogens with one attached hydrogen (secondary N) is 1. The molecule has 0 amide bonds. The van der Waals surface area contributed by atoms with Gasteiger partial charge in [0.15, 0.2) is 4.20 Å². The highest BCUT2D eigenvalue weighted by Gasteiger charge is 2.47. The molecule has 1 heterocycles. The smallest absolute Gasteiger partial charge is 0.154 e. The van der Waals surface area contributed by atoms with Gasteiger partial charge in [-0.25, -0.2) is 0 Å². The third kappa shape index (κ3) is 1.75. The number of nitrogens with two attached hydrogens (primary N) is 1. The van der Waals surface area contributed by atoms with Crippen LogP contribution in [0.2, 0.25) is 0 Å². The highest BCUT2D eigenvalue weighted by molar-refractivity contribution is 8.17. The molecule has 0 aliphatic carbocycles. The van der Waals surface area contributed by atoms with Gasteiger partial charge in [0.25, 0.3) is 0 Å². The first kappa shape index (κ1) is 11.2. The summed E-state index contributed by atoms with van der Waals surface area (Å²) in [5.41, 5.74) is 1.28. The highest BCUT2D eigenvalue weighted by atomic mass is 32.2. The predicted octanol–water partition coefficient (Wildman–Crippen LogP) is 3.51. The van der Waals surface area contributed by atoms with Crippen LogP contribution in [0.1, 0.15) is 20.8 Å². The molecule has 1 atom stereocenters. The van der Waals surface area contributed by atoms with Crippen LogP contribution in [0.5, 0.6) is 0 Å². The van der Waals surface area contributed by atoms with E-state index < -0.39 is 0 Å². The molecule has 1 aliphatic heterocycles. The number of rotatable bonds is 1. The number of anilines is 1. The van der Waals surface area contributed by atoms with Crippen molar-refractivity contribution in [2.45, 2.75) is 29.9 Å². The van der Waals surface area contributed by atoms with Gasteiger partial charge in [-0.1, -0.05) is 44.7 Å². The van der Waals surface area contributed by atoms with Crippen LogP contribution in [-0.4, -0.2) is 4.20 Å². The molecule has 1 aromatic carbocycles. The molecular weight excluding hydrogens is 224 g/mol. The Labute approximate surface area is 99.5 Å². The molecule has 0 fully saturated rings. The maximum Gasteiger partial charge on any atom is 0.154 e. The minimum Gasteiger partial charge on any atom is -0.360 e. The van der Waals surface area contributed by atoms with Gasteiger partial charge in [-0.2, -0.15) is 0 Å². The average Bonchev–Trinajstić information content (AvgIpc) is 2.56. The Morgan fingerprint density at radius 1 is 1.33 bits per heavy atom. The predicted molar refractivity (Wildman–Crippen MR) is 69.9 cm³/mol. The summed E-state index contributed by atoms with van der Waals surface area (Å²) in [6, 6.07) is 8.35. The molecule has 15 heavy (non-hydrogen) atoms. The largest absolute Gasteiger partial charge is 0.360 e. The van der Waals surface area contributed by atoms with E-state index in [2.05, 4.69) is 44.3 Å². The van der Waals surface area contributed by atoms with Crippen LogP contribution in [0.25, 0.3) is 0 Å². The summed E-state index contributed by atoms with van der Waals surface area (Å²) >= 11 is 3.21. The minimum absolute atomic E-state index is 0.0934. The molecule has 0 spiro atoms. The summed E-state index contributed by atoms with van der Waals surface area (Å²) in [5.74, 6) is 0. The number of hydrogen-bond donors (Lipinski definition) is 2. The van der Waals surface area contributed by atoms with Crippen molar-refractivity contribution in [2.75, 3.05) is 5.32 Å². The molecule has 2 nitrogen and oxygen atoms in total. The Kier molecular flexibility index (Phi) is 2.69. The summed E-state index contributed by atoms with van der Waals surface area (Å²) in [7, 11) is 0. The number of benzene rings is 1. The SMILES string of the molecule is CC(C)(C)C1(SN)Nc2ccccc2S1. The fourth-order valence-corrected chi connectivity index (χ4v) is 3.72. The molecule has 0 saturated heterocycles. The zero-order valence-electron chi connectivity index (χ0n) is 9.20. The third-order valence-corrected chi connectivity index (χ3v) is 5.76. The van der Waals surface area contributed by atoms with Gasteiger partial charge in [-0.15, -0.1) is 0 Å². The van der Waals surface area contributed by atoms with Crippen LogP contribution in [-0.2, 0) is 0 Å². The summed E-state index contributed by atoms with van der Waals surface area (Å²) in [6.45, 7) is 6.62. The van der Waals surface area contributed by atoms with E-state index in [-0.39, 0.29) is 9.62 Å². The number of hydrogen-bond acceptors (Lipinski definition) is 4. The zero-order valence-corrected chi connectivity index (χ0v) is 10.8. The first-order valence-electron chi connectivity index (χ1n) is 4.93. The van der Waals surface area contributed by atoms with Crippen molar-refractivity contribution in [3.8, 4) is 0 Å². The summed E-state index contributed by atoms with van der Waals surface area (Å²) < 4.78 is -0.156. The molecule has 1 unspecified atom stereocenters. The molecule has 4 heteroatoms. The molecule has 82 valence electrons. The quantitative estimate of drug-likeness (QED) is 0.737. The van der Waals surface area contributed by atoms with Crippen LogP contribution in [0, 0.1) is 5.41 Å². The van der Waals surface area contributed by atoms with E-state index >= 15 is 0 Å². The molecule has 2 rings (SSSR count). The number of thioether (sulfide) groups is 1. The molecule has 3 N–H and O–H groups in total. The fraction of sp³-hybridized carbons (Fsp3) is 0.455. The van der Waals surface area contributed by atoms with E-state index in [0.29, 0.717) is 0 Å². The number of para-hydroxylation sites is 1. The lowest BCUT2D eigenvalue weighted by molar-refractivity contribution is 0.394. The van der Waals surface area contributed by atoms with Gasteiger partial charge < -0.3 is 5.32 Å². The van der Waals surface area contributed by atoms with Crippen molar-refractivity contribution in [1.29, 1.82) is 0 Å². The Hall–Kier alpha value is -0.320. The fourth-order valence-electron chi connectivity index (χ4n) is 1.59. The summed E-state index contributed by atoms with van der Waals surface area (Å²) in [5, 5.41) is 9.41. The molecule has 1 aliphatic rings. The van der Waals surface area contributed by atoms with Gasteiger partial charge in [-0.05, 0) is 24.1 Å². The van der Waals surface area contributed by atoms with E-state index in [9.17, 15) is 0 Å². The van der Waals surface area contributed by atoms with E-state index in [1.165, 1.54) is 22.5 Å². The lowest BCUT2D eigenvalue weighted by Crippen LogP contribution is -2.42. The summed E-state index contributed by atoms with van der Waals surface area (Å²) in [6.07, 6.45) is 0. The Morgan fingerprint density at radius 3 is 2.53 bits per heavy atom. The molecule has 0 radical (unpaired) electrons. The van der Waals surface area contributed by atoms with Crippen LogP contribution < -0.4 is 10.5 Å². The third-order valence-electron chi connectivity index (χ3n) is 2.59. The van der Waals surface area contributed by atoms with Gasteiger partial charge in [0.1, 0.15) is 0 Å². The number of fused-ring (bicyclic) bond motifs is 1. The van der Waals surface area contributed by atoms with Crippen LogP contribution in [0.3, 0.4) is 0 Å². The van der Waals surface area contributed by atoms with Gasteiger partial charge in [0, 0.05) is 16.0 Å². The molecule has 0 bridgehead atoms. The second-order valence-electron chi connectivity index (χ2n) is 4.71. The van der Waals surface area contributed by atoms with Gasteiger partial charge in [-0.3, -0.25) is 5.14 Å². The van der Waals surface area contributed by atoms with E-state index in [1.807, 2.05) is 17.8 Å². The second kappa shape index (κ2) is 3.61. The van der Waals surface area contributed by atoms with Crippen molar-refractivity contribution >= 4 is 29.4 Å². The van der Waals surface area contributed by atoms with Gasteiger partial charge >= 0.3 is 0 Å². The molecule has 0 aromatic heterocycles. The van der Waals surface area contributed by atoms with E-state index in [0.717, 1.165) is 0 Å². The van der Waals surface area contributed by atoms with Gasteiger partial charge in [0.05, 0.1) is 0 Å². The normalized spacial score (nSPS) is 24.8. The lowest BCUT2D eigenvalue weighted by Gasteiger charge is -2.39. The van der Waals surface area contributed by atoms with Crippen LogP contribution >= 0.6 is 23.7 Å². The molecule has 1 aromatic rings. The van der Waals surface area contributed by atoms with Crippen molar-refractivity contribution in [2.24, 2.45) is 10.6 Å². The second-order valence-corrected chi connectivity index (χ2v) is 7.07. The molecular formula is C11H16N2S2. The van der Waals surface area contributed by atoms with Crippen LogP contribution in [0.4, 0.5) is 5.69 Å². The maximum absolute atomic E-state index is 5.87. The van der Waals surface area contributed by atoms with Gasteiger partial charge in [0.2, 0.25) is 0 Å². The highest BCUT2D eigenvalue weighted by Crippen LogP contribution is 2.57. The van der Waals surface area contributed by atoms with Crippen molar-refractivity contribution in [1.82, 2.24) is 0 Å². The van der Waals surface area contributed by atoms with E-state index in [1.54, 1.807) is 0 Å². The summed E-state index contributed by atoms with van der Waals surface area (Å²) in [4.78, 5) is 1.28.